The van der Waals surface area contributed by atoms with Gasteiger partial charge in [0.1, 0.15) is 5.75 Å². The highest BCUT2D eigenvalue weighted by atomic mass is 16.5. The summed E-state index contributed by atoms with van der Waals surface area (Å²) >= 11 is 0. The van der Waals surface area contributed by atoms with Crippen LogP contribution >= 0.6 is 0 Å². The first-order valence-electron chi connectivity index (χ1n) is 11.6. The molecule has 0 fully saturated rings. The number of carbonyl (C=O) groups is 3. The molecule has 0 unspecified atom stereocenters. The van der Waals surface area contributed by atoms with Gasteiger partial charge in [-0.1, -0.05) is 35.4 Å². The molecule has 0 aromatic heterocycles. The van der Waals surface area contributed by atoms with Crippen LogP contribution in [0.4, 0.5) is 5.69 Å². The van der Waals surface area contributed by atoms with Crippen molar-refractivity contribution >= 4 is 29.7 Å². The van der Waals surface area contributed by atoms with Crippen LogP contribution in [0.1, 0.15) is 47.8 Å². The molecule has 2 amide bonds. The quantitative estimate of drug-likeness (QED) is 0.154. The maximum absolute atomic E-state index is 12.4. The van der Waals surface area contributed by atoms with Crippen LogP contribution in [0, 0.1) is 13.8 Å². The third kappa shape index (κ3) is 6.99. The first-order chi connectivity index (χ1) is 17.9. The monoisotopic (exact) mass is 491 g/mol. The van der Waals surface area contributed by atoms with Gasteiger partial charge in [0.15, 0.2) is 0 Å². The standard InChI is InChI=1S/C30H25N3O4/c1-20-3-9-23(10-4-20)28(34)32-26-15-13-24(14-16-26)29(35)33-31-19-22-7-17-27(18-8-22)37-30(36)25-11-5-21(2)6-12-25/h3-19H,1-2H3,(H,32,34)(H,33,35). The second kappa shape index (κ2) is 11.6. The molecule has 0 radical (unpaired) electrons. The predicted octanol–water partition coefficient (Wildman–Crippen LogP) is 5.54. The molecule has 4 aromatic rings. The molecule has 37 heavy (non-hydrogen) atoms. The molecular formula is C30H25N3O4. The van der Waals surface area contributed by atoms with Crippen LogP contribution in [0.5, 0.6) is 5.75 Å². The molecule has 0 saturated carbocycles. The number of benzene rings is 4. The number of hydrazone groups is 1. The molecule has 0 heterocycles. The molecule has 0 aliphatic rings. The van der Waals surface area contributed by atoms with Gasteiger partial charge in [-0.3, -0.25) is 9.59 Å². The highest BCUT2D eigenvalue weighted by Gasteiger charge is 2.09. The fraction of sp³-hybridized carbons (Fsp3) is 0.0667. The van der Waals surface area contributed by atoms with E-state index >= 15 is 0 Å². The molecule has 0 aliphatic heterocycles. The zero-order valence-corrected chi connectivity index (χ0v) is 20.4. The van der Waals surface area contributed by atoms with Crippen molar-refractivity contribution in [3.05, 3.63) is 130 Å². The second-order valence-corrected chi connectivity index (χ2v) is 8.42. The SMILES string of the molecule is Cc1ccc(C(=O)Nc2ccc(C(=O)NN=Cc3ccc(OC(=O)c4ccc(C)cc4)cc3)cc2)cc1. The Morgan fingerprint density at radius 2 is 1.16 bits per heavy atom. The van der Waals surface area contributed by atoms with Crippen molar-refractivity contribution in [3.63, 3.8) is 0 Å². The average Bonchev–Trinajstić information content (AvgIpc) is 2.90. The van der Waals surface area contributed by atoms with Crippen molar-refractivity contribution in [2.24, 2.45) is 5.10 Å². The molecule has 7 heteroatoms. The highest BCUT2D eigenvalue weighted by molar-refractivity contribution is 6.04. The summed E-state index contributed by atoms with van der Waals surface area (Å²) in [5, 5.41) is 6.78. The van der Waals surface area contributed by atoms with Gasteiger partial charge in [-0.15, -0.1) is 0 Å². The zero-order chi connectivity index (χ0) is 26.2. The minimum absolute atomic E-state index is 0.224. The van der Waals surface area contributed by atoms with Gasteiger partial charge in [0.05, 0.1) is 11.8 Å². The lowest BCUT2D eigenvalue weighted by Crippen LogP contribution is -2.18. The van der Waals surface area contributed by atoms with Crippen molar-refractivity contribution in [2.75, 3.05) is 5.32 Å². The summed E-state index contributed by atoms with van der Waals surface area (Å²) in [5.74, 6) is -0.648. The predicted molar refractivity (Wildman–Crippen MR) is 143 cm³/mol. The third-order valence-corrected chi connectivity index (χ3v) is 5.48. The van der Waals surface area contributed by atoms with Gasteiger partial charge >= 0.3 is 5.97 Å². The number of ether oxygens (including phenoxy) is 1. The number of esters is 1. The van der Waals surface area contributed by atoms with Crippen molar-refractivity contribution < 1.29 is 19.1 Å². The summed E-state index contributed by atoms with van der Waals surface area (Å²) in [6, 6.07) is 27.7. The van der Waals surface area contributed by atoms with Crippen LogP contribution < -0.4 is 15.5 Å². The van der Waals surface area contributed by atoms with Crippen molar-refractivity contribution in [1.29, 1.82) is 0 Å². The van der Waals surface area contributed by atoms with Gasteiger partial charge < -0.3 is 10.1 Å². The Labute approximate surface area is 214 Å². The number of carbonyl (C=O) groups excluding carboxylic acids is 3. The van der Waals surface area contributed by atoms with Gasteiger partial charge in [-0.25, -0.2) is 10.2 Å². The van der Waals surface area contributed by atoms with Crippen molar-refractivity contribution in [2.45, 2.75) is 13.8 Å². The normalized spacial score (nSPS) is 10.6. The maximum atomic E-state index is 12.4. The molecule has 2 N–H and O–H groups in total. The number of nitrogens with one attached hydrogen (secondary N) is 2. The number of hydrogen-bond acceptors (Lipinski definition) is 5. The first kappa shape index (κ1) is 25.1. The van der Waals surface area contributed by atoms with E-state index in [-0.39, 0.29) is 5.91 Å². The summed E-state index contributed by atoms with van der Waals surface area (Å²) in [6.45, 7) is 3.90. The van der Waals surface area contributed by atoms with Crippen molar-refractivity contribution in [1.82, 2.24) is 5.43 Å². The summed E-state index contributed by atoms with van der Waals surface area (Å²) in [7, 11) is 0. The smallest absolute Gasteiger partial charge is 0.343 e. The van der Waals surface area contributed by atoms with E-state index in [1.165, 1.54) is 6.21 Å². The van der Waals surface area contributed by atoms with E-state index in [0.717, 1.165) is 11.1 Å². The van der Waals surface area contributed by atoms with Crippen LogP contribution in [-0.4, -0.2) is 24.0 Å². The minimum atomic E-state index is -0.436. The number of amides is 2. The van der Waals surface area contributed by atoms with Gasteiger partial charge in [-0.05, 0) is 92.2 Å². The average molecular weight is 492 g/mol. The molecule has 0 aliphatic carbocycles. The van der Waals surface area contributed by atoms with Gasteiger partial charge in [0, 0.05) is 16.8 Å². The fourth-order valence-electron chi connectivity index (χ4n) is 3.32. The minimum Gasteiger partial charge on any atom is -0.423 e. The summed E-state index contributed by atoms with van der Waals surface area (Å²) in [6.07, 6.45) is 1.49. The molecule has 4 rings (SSSR count). The third-order valence-electron chi connectivity index (χ3n) is 5.48. The van der Waals surface area contributed by atoms with E-state index in [1.807, 2.05) is 38.1 Å². The number of aryl methyl sites for hydroxylation is 2. The van der Waals surface area contributed by atoms with Crippen LogP contribution in [0.25, 0.3) is 0 Å². The summed E-state index contributed by atoms with van der Waals surface area (Å²) in [5.41, 5.74) is 7.32. The Hall–Kier alpha value is -5.04. The van der Waals surface area contributed by atoms with E-state index in [1.54, 1.807) is 72.8 Å². The van der Waals surface area contributed by atoms with Crippen LogP contribution in [0.15, 0.2) is 102 Å². The Morgan fingerprint density at radius 3 is 1.76 bits per heavy atom. The van der Waals surface area contributed by atoms with E-state index in [2.05, 4.69) is 15.8 Å². The largest absolute Gasteiger partial charge is 0.423 e. The molecule has 0 bridgehead atoms. The summed E-state index contributed by atoms with van der Waals surface area (Å²) in [4.78, 5) is 36.9. The number of anilines is 1. The lowest BCUT2D eigenvalue weighted by molar-refractivity contribution is 0.0734. The van der Waals surface area contributed by atoms with Crippen molar-refractivity contribution in [3.8, 4) is 5.75 Å². The van der Waals surface area contributed by atoms with E-state index in [4.69, 9.17) is 4.74 Å². The van der Waals surface area contributed by atoms with E-state index in [0.29, 0.717) is 33.7 Å². The van der Waals surface area contributed by atoms with Gasteiger partial charge in [-0.2, -0.15) is 5.10 Å². The fourth-order valence-corrected chi connectivity index (χ4v) is 3.32. The Morgan fingerprint density at radius 1 is 0.649 bits per heavy atom. The van der Waals surface area contributed by atoms with Crippen LogP contribution in [0.3, 0.4) is 0 Å². The molecule has 0 saturated heterocycles. The lowest BCUT2D eigenvalue weighted by atomic mass is 10.1. The molecule has 0 spiro atoms. The van der Waals surface area contributed by atoms with E-state index < -0.39 is 11.9 Å². The Kier molecular flexibility index (Phi) is 7.85. The van der Waals surface area contributed by atoms with Gasteiger partial charge in [0.2, 0.25) is 0 Å². The first-order valence-corrected chi connectivity index (χ1v) is 11.6. The maximum Gasteiger partial charge on any atom is 0.343 e. The van der Waals surface area contributed by atoms with E-state index in [9.17, 15) is 14.4 Å². The number of nitrogens with zero attached hydrogens (tertiary/aromatic N) is 1. The van der Waals surface area contributed by atoms with Gasteiger partial charge in [0.25, 0.3) is 11.8 Å². The zero-order valence-electron chi connectivity index (χ0n) is 20.4. The molecule has 4 aromatic carbocycles. The van der Waals surface area contributed by atoms with Crippen LogP contribution in [0.2, 0.25) is 0 Å². The lowest BCUT2D eigenvalue weighted by Gasteiger charge is -2.07. The Balaban J connectivity index is 1.27. The summed E-state index contributed by atoms with van der Waals surface area (Å²) < 4.78 is 5.38. The molecule has 184 valence electrons. The number of rotatable bonds is 7. The molecule has 0 atom stereocenters. The topological polar surface area (TPSA) is 96.9 Å². The highest BCUT2D eigenvalue weighted by Crippen LogP contribution is 2.15. The molecule has 7 nitrogen and oxygen atoms in total. The molecular weight excluding hydrogens is 466 g/mol. The second-order valence-electron chi connectivity index (χ2n) is 8.42. The van der Waals surface area contributed by atoms with Crippen LogP contribution in [-0.2, 0) is 0 Å². The number of hydrogen-bond donors (Lipinski definition) is 2. The Bertz CT molecular complexity index is 1420.